The van der Waals surface area contributed by atoms with Gasteiger partial charge < -0.3 is 14.8 Å². The molecule has 0 bridgehead atoms. The number of carbonyl (C=O) groups is 3. The Kier molecular flexibility index (Phi) is 6.91. The Morgan fingerprint density at radius 3 is 2.31 bits per heavy atom. The number of amides is 1. The fourth-order valence-corrected chi connectivity index (χ4v) is 2.28. The molecule has 1 amide bonds. The van der Waals surface area contributed by atoms with Gasteiger partial charge in [0.05, 0.1) is 19.2 Å². The van der Waals surface area contributed by atoms with Gasteiger partial charge in [-0.15, -0.1) is 0 Å². The van der Waals surface area contributed by atoms with Crippen LogP contribution in [0.2, 0.25) is 0 Å². The summed E-state index contributed by atoms with van der Waals surface area (Å²) in [5, 5.41) is 2.65. The summed E-state index contributed by atoms with van der Waals surface area (Å²) in [5.41, 5.74) is 1.03. The SMILES string of the molecule is COc1ccccc1NC(=O)[C@H](C)OC(=O)CCC(=O)c1ccccc1. The van der Waals surface area contributed by atoms with E-state index < -0.39 is 18.0 Å². The molecule has 0 aliphatic heterocycles. The minimum atomic E-state index is -0.987. The van der Waals surface area contributed by atoms with Crippen molar-refractivity contribution in [2.24, 2.45) is 0 Å². The lowest BCUT2D eigenvalue weighted by Crippen LogP contribution is -2.30. The minimum Gasteiger partial charge on any atom is -0.495 e. The lowest BCUT2D eigenvalue weighted by molar-refractivity contribution is -0.153. The summed E-state index contributed by atoms with van der Waals surface area (Å²) in [7, 11) is 1.50. The second-order valence-corrected chi connectivity index (χ2v) is 5.61. The van der Waals surface area contributed by atoms with Crippen LogP contribution in [-0.4, -0.2) is 30.9 Å². The van der Waals surface area contributed by atoms with E-state index in [1.807, 2.05) is 6.07 Å². The van der Waals surface area contributed by atoms with E-state index in [1.54, 1.807) is 48.5 Å². The number of esters is 1. The van der Waals surface area contributed by atoms with Gasteiger partial charge >= 0.3 is 5.97 Å². The van der Waals surface area contributed by atoms with Crippen LogP contribution in [0.4, 0.5) is 5.69 Å². The van der Waals surface area contributed by atoms with E-state index in [4.69, 9.17) is 9.47 Å². The van der Waals surface area contributed by atoms with Crippen LogP contribution in [0.15, 0.2) is 54.6 Å². The van der Waals surface area contributed by atoms with Crippen LogP contribution in [0, 0.1) is 0 Å². The molecule has 2 aromatic rings. The minimum absolute atomic E-state index is 0.0314. The van der Waals surface area contributed by atoms with E-state index >= 15 is 0 Å². The first-order valence-electron chi connectivity index (χ1n) is 8.23. The Morgan fingerprint density at radius 1 is 0.962 bits per heavy atom. The first-order chi connectivity index (χ1) is 12.5. The Labute approximate surface area is 152 Å². The zero-order valence-electron chi connectivity index (χ0n) is 14.7. The maximum atomic E-state index is 12.2. The number of methoxy groups -OCH3 is 1. The summed E-state index contributed by atoms with van der Waals surface area (Å²) in [5.74, 6) is -0.712. The van der Waals surface area contributed by atoms with Crippen LogP contribution in [0.25, 0.3) is 0 Å². The topological polar surface area (TPSA) is 81.7 Å². The van der Waals surface area contributed by atoms with Gasteiger partial charge in [-0.1, -0.05) is 42.5 Å². The molecule has 1 N–H and O–H groups in total. The van der Waals surface area contributed by atoms with Gasteiger partial charge in [0.2, 0.25) is 0 Å². The fraction of sp³-hybridized carbons (Fsp3) is 0.250. The predicted molar refractivity (Wildman–Crippen MR) is 97.2 cm³/mol. The second-order valence-electron chi connectivity index (χ2n) is 5.61. The van der Waals surface area contributed by atoms with Crippen molar-refractivity contribution in [2.45, 2.75) is 25.9 Å². The molecule has 0 fully saturated rings. The zero-order chi connectivity index (χ0) is 18.9. The fourth-order valence-electron chi connectivity index (χ4n) is 2.28. The van der Waals surface area contributed by atoms with E-state index in [0.717, 1.165) is 0 Å². The molecular formula is C20H21NO5. The van der Waals surface area contributed by atoms with E-state index in [1.165, 1.54) is 14.0 Å². The highest BCUT2D eigenvalue weighted by atomic mass is 16.5. The van der Waals surface area contributed by atoms with Gasteiger partial charge in [-0.25, -0.2) is 0 Å². The molecule has 26 heavy (non-hydrogen) atoms. The number of hydrogen-bond acceptors (Lipinski definition) is 5. The normalized spacial score (nSPS) is 11.3. The monoisotopic (exact) mass is 355 g/mol. The van der Waals surface area contributed by atoms with Gasteiger partial charge in [-0.3, -0.25) is 14.4 Å². The van der Waals surface area contributed by atoms with Crippen molar-refractivity contribution in [3.63, 3.8) is 0 Å². The van der Waals surface area contributed by atoms with Crippen LogP contribution in [0.5, 0.6) is 5.75 Å². The lowest BCUT2D eigenvalue weighted by Gasteiger charge is -2.15. The summed E-state index contributed by atoms with van der Waals surface area (Å²) in [6.45, 7) is 1.47. The molecule has 0 spiro atoms. The number of hydrogen-bond donors (Lipinski definition) is 1. The molecular weight excluding hydrogens is 334 g/mol. The van der Waals surface area contributed by atoms with Crippen LogP contribution in [0.1, 0.15) is 30.1 Å². The van der Waals surface area contributed by atoms with Crippen LogP contribution < -0.4 is 10.1 Å². The van der Waals surface area contributed by atoms with Crippen LogP contribution in [0.3, 0.4) is 0 Å². The van der Waals surface area contributed by atoms with Crippen molar-refractivity contribution in [1.29, 1.82) is 0 Å². The number of carbonyl (C=O) groups excluding carboxylic acids is 3. The molecule has 2 rings (SSSR count). The number of ether oxygens (including phenoxy) is 2. The molecule has 0 saturated heterocycles. The van der Waals surface area contributed by atoms with Crippen molar-refractivity contribution < 1.29 is 23.9 Å². The Bertz CT molecular complexity index is 773. The average Bonchev–Trinajstić information content (AvgIpc) is 2.67. The Hall–Kier alpha value is -3.15. The van der Waals surface area contributed by atoms with Crippen molar-refractivity contribution in [1.82, 2.24) is 0 Å². The number of Topliss-reactive ketones (excluding diaryl/α,β-unsaturated/α-hetero) is 1. The van der Waals surface area contributed by atoms with Gasteiger partial charge in [0, 0.05) is 12.0 Å². The third-order valence-corrected chi connectivity index (χ3v) is 3.69. The molecule has 2 aromatic carbocycles. The molecule has 0 saturated carbocycles. The average molecular weight is 355 g/mol. The van der Waals surface area contributed by atoms with Gasteiger partial charge in [0.1, 0.15) is 5.75 Å². The maximum Gasteiger partial charge on any atom is 0.307 e. The predicted octanol–water partition coefficient (Wildman–Crippen LogP) is 3.23. The summed E-state index contributed by atoms with van der Waals surface area (Å²) in [6, 6.07) is 15.6. The van der Waals surface area contributed by atoms with Gasteiger partial charge in [-0.2, -0.15) is 0 Å². The maximum absolute atomic E-state index is 12.2. The molecule has 0 unspecified atom stereocenters. The largest absolute Gasteiger partial charge is 0.495 e. The Balaban J connectivity index is 1.82. The third kappa shape index (κ3) is 5.44. The van der Waals surface area contributed by atoms with Crippen molar-refractivity contribution in [3.8, 4) is 5.75 Å². The summed E-state index contributed by atoms with van der Waals surface area (Å²) >= 11 is 0. The number of rotatable bonds is 8. The quantitative estimate of drug-likeness (QED) is 0.581. The van der Waals surface area contributed by atoms with Gasteiger partial charge in [0.25, 0.3) is 5.91 Å². The molecule has 0 heterocycles. The third-order valence-electron chi connectivity index (χ3n) is 3.69. The van der Waals surface area contributed by atoms with E-state index in [0.29, 0.717) is 17.0 Å². The standard InChI is InChI=1S/C20H21NO5/c1-14(20(24)21-16-10-6-7-11-18(16)25-2)26-19(23)13-12-17(22)15-8-4-3-5-9-15/h3-11,14H,12-13H2,1-2H3,(H,21,24)/t14-/m0/s1. The highest BCUT2D eigenvalue weighted by Crippen LogP contribution is 2.23. The number of benzene rings is 2. The Morgan fingerprint density at radius 2 is 1.62 bits per heavy atom. The molecule has 0 radical (unpaired) electrons. The van der Waals surface area contributed by atoms with Gasteiger partial charge in [0.15, 0.2) is 11.9 Å². The molecule has 0 aliphatic rings. The smallest absolute Gasteiger partial charge is 0.307 e. The summed E-state index contributed by atoms with van der Waals surface area (Å²) in [4.78, 5) is 36.0. The molecule has 1 atom stereocenters. The number of nitrogens with one attached hydrogen (secondary N) is 1. The van der Waals surface area contributed by atoms with E-state index in [-0.39, 0.29) is 18.6 Å². The van der Waals surface area contributed by atoms with Crippen LogP contribution >= 0.6 is 0 Å². The highest BCUT2D eigenvalue weighted by Gasteiger charge is 2.19. The van der Waals surface area contributed by atoms with Crippen LogP contribution in [-0.2, 0) is 14.3 Å². The zero-order valence-corrected chi connectivity index (χ0v) is 14.7. The van der Waals surface area contributed by atoms with E-state index in [9.17, 15) is 14.4 Å². The number of ketones is 1. The molecule has 6 nitrogen and oxygen atoms in total. The number of para-hydroxylation sites is 2. The molecule has 136 valence electrons. The van der Waals surface area contributed by atoms with Crippen molar-refractivity contribution in [2.75, 3.05) is 12.4 Å². The highest BCUT2D eigenvalue weighted by molar-refractivity contribution is 5.98. The lowest BCUT2D eigenvalue weighted by atomic mass is 10.1. The molecule has 0 aromatic heterocycles. The van der Waals surface area contributed by atoms with Crippen molar-refractivity contribution in [3.05, 3.63) is 60.2 Å². The summed E-state index contributed by atoms with van der Waals surface area (Å²) in [6.07, 6.45) is -1.04. The first-order valence-corrected chi connectivity index (χ1v) is 8.23. The summed E-state index contributed by atoms with van der Waals surface area (Å²) < 4.78 is 10.3. The second kappa shape index (κ2) is 9.36. The molecule has 0 aliphatic carbocycles. The van der Waals surface area contributed by atoms with Crippen molar-refractivity contribution >= 4 is 23.3 Å². The number of anilines is 1. The first kappa shape index (κ1) is 19.2. The molecule has 6 heteroatoms. The van der Waals surface area contributed by atoms with Gasteiger partial charge in [-0.05, 0) is 19.1 Å². The van der Waals surface area contributed by atoms with E-state index in [2.05, 4.69) is 5.32 Å².